The Labute approximate surface area is 233 Å². The maximum Gasteiger partial charge on any atom is 0.248 e. The largest absolute Gasteiger partial charge is 0.375 e. The minimum absolute atomic E-state index is 0.0896. The molecule has 2 amide bonds. The van der Waals surface area contributed by atoms with Crippen molar-refractivity contribution in [2.75, 3.05) is 19.6 Å². The number of nitrogens with one attached hydrogen (secondary N) is 1. The number of thiophene rings is 1. The topological polar surface area (TPSA) is 70.5 Å². The van der Waals surface area contributed by atoms with Gasteiger partial charge in [0.1, 0.15) is 5.82 Å². The number of carbonyl (C=O) groups excluding carboxylic acids is 2. The van der Waals surface area contributed by atoms with E-state index in [-0.39, 0.29) is 49.5 Å². The number of aromatic nitrogens is 2. The lowest BCUT2D eigenvalue weighted by Crippen LogP contribution is -2.40. The van der Waals surface area contributed by atoms with Crippen molar-refractivity contribution in [3.63, 3.8) is 0 Å². The lowest BCUT2D eigenvalue weighted by atomic mass is 9.86. The van der Waals surface area contributed by atoms with Crippen LogP contribution in [0.5, 0.6) is 0 Å². The molecule has 4 heterocycles. The lowest BCUT2D eigenvalue weighted by Gasteiger charge is -2.38. The van der Waals surface area contributed by atoms with Gasteiger partial charge >= 0.3 is 0 Å². The van der Waals surface area contributed by atoms with Gasteiger partial charge in [0.25, 0.3) is 0 Å². The van der Waals surface area contributed by atoms with E-state index < -0.39 is 5.92 Å². The smallest absolute Gasteiger partial charge is 0.248 e. The number of halogens is 2. The molecule has 2 aromatic rings. The predicted octanol–water partition coefficient (Wildman–Crippen LogP) is 5.38. The van der Waals surface area contributed by atoms with E-state index in [9.17, 15) is 18.4 Å². The van der Waals surface area contributed by atoms with Crippen molar-refractivity contribution < 1.29 is 18.4 Å². The molecule has 0 aromatic carbocycles. The molecule has 2 atom stereocenters. The number of likely N-dealkylation sites (tertiary alicyclic amines) is 1. The zero-order chi connectivity index (χ0) is 27.7. The molecule has 1 saturated carbocycles. The first-order valence-corrected chi connectivity index (χ1v) is 15.0. The number of aryl methyl sites for hydroxylation is 1. The Morgan fingerprint density at radius 1 is 1.26 bits per heavy atom. The van der Waals surface area contributed by atoms with Crippen LogP contribution in [-0.4, -0.2) is 56.7 Å². The lowest BCUT2D eigenvalue weighted by molar-refractivity contribution is -0.130. The number of amides is 2. The molecule has 0 bridgehead atoms. The minimum Gasteiger partial charge on any atom is -0.375 e. The van der Waals surface area contributed by atoms with Gasteiger partial charge in [-0.05, 0) is 55.0 Å². The molecule has 2 fully saturated rings. The minimum atomic E-state index is -2.64. The van der Waals surface area contributed by atoms with E-state index in [1.165, 1.54) is 5.69 Å². The molecular formula is C29H39F2N5O2S. The molecule has 0 radical (unpaired) electrons. The molecule has 212 valence electrons. The monoisotopic (exact) mass is 559 g/mol. The molecule has 10 heteroatoms. The van der Waals surface area contributed by atoms with Crippen LogP contribution < -0.4 is 5.32 Å². The number of nitrogens with zero attached hydrogens (tertiary/aromatic N) is 4. The highest BCUT2D eigenvalue weighted by molar-refractivity contribution is 7.08. The number of imidazole rings is 1. The third-order valence-electron chi connectivity index (χ3n) is 8.73. The number of hydrogen-bond acceptors (Lipinski definition) is 5. The quantitative estimate of drug-likeness (QED) is 0.495. The highest BCUT2D eigenvalue weighted by Gasteiger charge is 2.38. The Morgan fingerprint density at radius 3 is 2.69 bits per heavy atom. The van der Waals surface area contributed by atoms with Crippen LogP contribution in [0.2, 0.25) is 0 Å². The van der Waals surface area contributed by atoms with Crippen LogP contribution in [-0.2, 0) is 22.6 Å². The number of carbonyl (C=O) groups is 2. The summed E-state index contributed by atoms with van der Waals surface area (Å²) in [7, 11) is 0. The van der Waals surface area contributed by atoms with Gasteiger partial charge < -0.3 is 19.7 Å². The van der Waals surface area contributed by atoms with Gasteiger partial charge in [-0.2, -0.15) is 11.3 Å². The van der Waals surface area contributed by atoms with Crippen molar-refractivity contribution >= 4 is 23.2 Å². The van der Waals surface area contributed by atoms with Crippen LogP contribution >= 0.6 is 11.3 Å². The second-order valence-electron chi connectivity index (χ2n) is 11.3. The van der Waals surface area contributed by atoms with Crippen molar-refractivity contribution in [2.24, 2.45) is 5.92 Å². The van der Waals surface area contributed by atoms with Gasteiger partial charge in [-0.15, -0.1) is 0 Å². The Morgan fingerprint density at radius 2 is 2.03 bits per heavy atom. The van der Waals surface area contributed by atoms with E-state index in [2.05, 4.69) is 26.7 Å². The van der Waals surface area contributed by atoms with Crippen molar-refractivity contribution in [1.29, 1.82) is 0 Å². The van der Waals surface area contributed by atoms with E-state index >= 15 is 0 Å². The van der Waals surface area contributed by atoms with Crippen molar-refractivity contribution in [3.05, 3.63) is 51.9 Å². The summed E-state index contributed by atoms with van der Waals surface area (Å²) in [5.74, 6) is -2.00. The number of rotatable bonds is 7. The molecule has 7 nitrogen and oxygen atoms in total. The fraction of sp³-hybridized carbons (Fsp3) is 0.621. The highest BCUT2D eigenvalue weighted by atomic mass is 32.1. The Balaban J connectivity index is 1.19. The first-order chi connectivity index (χ1) is 18.6. The zero-order valence-electron chi connectivity index (χ0n) is 22.9. The maximum atomic E-state index is 13.6. The second kappa shape index (κ2) is 11.4. The predicted molar refractivity (Wildman–Crippen MR) is 147 cm³/mol. The van der Waals surface area contributed by atoms with Crippen LogP contribution in [0.1, 0.15) is 86.7 Å². The molecular weight excluding hydrogens is 520 g/mol. The third kappa shape index (κ3) is 6.21. The number of alkyl halides is 2. The maximum absolute atomic E-state index is 13.6. The molecule has 2 unspecified atom stereocenters. The Kier molecular flexibility index (Phi) is 8.12. The molecule has 0 spiro atoms. The molecule has 39 heavy (non-hydrogen) atoms. The van der Waals surface area contributed by atoms with Crippen LogP contribution in [0.4, 0.5) is 8.78 Å². The average Bonchev–Trinajstić information content (AvgIpc) is 3.54. The van der Waals surface area contributed by atoms with Gasteiger partial charge in [0, 0.05) is 75.6 Å². The summed E-state index contributed by atoms with van der Waals surface area (Å²) < 4.78 is 29.6. The molecule has 2 aromatic heterocycles. The average molecular weight is 560 g/mol. The molecule has 3 aliphatic rings. The van der Waals surface area contributed by atoms with Gasteiger partial charge in [0.05, 0.1) is 18.3 Å². The number of allylic oxidation sites excluding steroid dienone is 1. The van der Waals surface area contributed by atoms with Crippen LogP contribution in [0, 0.1) is 12.8 Å². The zero-order valence-corrected chi connectivity index (χ0v) is 23.7. The number of fused-ring (bicyclic) bond motifs is 1. The summed E-state index contributed by atoms with van der Waals surface area (Å²) in [6.45, 7) is 11.0. The molecule has 1 saturated heterocycles. The fourth-order valence-electron chi connectivity index (χ4n) is 6.42. The number of hydrogen-bond donors (Lipinski definition) is 1. The van der Waals surface area contributed by atoms with E-state index in [0.29, 0.717) is 12.6 Å². The summed E-state index contributed by atoms with van der Waals surface area (Å²) in [4.78, 5) is 33.8. The van der Waals surface area contributed by atoms with Crippen LogP contribution in [0.15, 0.2) is 29.1 Å². The third-order valence-corrected chi connectivity index (χ3v) is 9.43. The highest BCUT2D eigenvalue weighted by Crippen LogP contribution is 2.37. The SMILES string of the molecule is C=C1CC(n2c(C)nc3c2CCN(C(C)=O)C3)CCN1CCC(NC(=O)C1CCC(F)(F)CC1)c1ccsc1. The molecule has 2 aliphatic heterocycles. The Hall–Kier alpha value is -2.75. The van der Waals surface area contributed by atoms with Gasteiger partial charge in [-0.1, -0.05) is 6.58 Å². The first-order valence-electron chi connectivity index (χ1n) is 14.1. The van der Waals surface area contributed by atoms with E-state index in [1.807, 2.05) is 23.3 Å². The van der Waals surface area contributed by atoms with Gasteiger partial charge in [-0.3, -0.25) is 9.59 Å². The normalized spacial score (nSPS) is 22.5. The van der Waals surface area contributed by atoms with E-state index in [0.717, 1.165) is 68.1 Å². The van der Waals surface area contributed by atoms with Gasteiger partial charge in [-0.25, -0.2) is 13.8 Å². The van der Waals surface area contributed by atoms with Crippen molar-refractivity contribution in [1.82, 2.24) is 24.7 Å². The second-order valence-corrected chi connectivity index (χ2v) is 12.1. The molecule has 5 rings (SSSR count). The Bertz CT molecular complexity index is 1200. The fourth-order valence-corrected chi connectivity index (χ4v) is 7.14. The van der Waals surface area contributed by atoms with Crippen molar-refractivity contribution in [3.8, 4) is 0 Å². The standard InChI is InChI=1S/C29H39F2N5O2S/c1-19-16-24(36-20(2)32-26-17-35(21(3)37)14-8-27(26)36)6-12-34(19)13-7-25(23-9-15-39-18-23)33-28(38)22-4-10-29(30,31)11-5-22/h9,15,18,22,24-25H,1,4-8,10-14,16-17H2,2-3H3,(H,33,38). The summed E-state index contributed by atoms with van der Waals surface area (Å²) in [5, 5.41) is 7.24. The first kappa shape index (κ1) is 27.8. The number of piperidine rings is 1. The molecule has 1 N–H and O–H groups in total. The van der Waals surface area contributed by atoms with Crippen molar-refractivity contribution in [2.45, 2.75) is 89.8 Å². The summed E-state index contributed by atoms with van der Waals surface area (Å²) in [5.41, 5.74) is 4.41. The van der Waals surface area contributed by atoms with E-state index in [4.69, 9.17) is 4.98 Å². The van der Waals surface area contributed by atoms with Gasteiger partial charge in [0.2, 0.25) is 17.7 Å². The van der Waals surface area contributed by atoms with Crippen LogP contribution in [0.3, 0.4) is 0 Å². The summed E-state index contributed by atoms with van der Waals surface area (Å²) >= 11 is 1.59. The molecule has 1 aliphatic carbocycles. The summed E-state index contributed by atoms with van der Waals surface area (Å²) in [6, 6.07) is 2.18. The summed E-state index contributed by atoms with van der Waals surface area (Å²) in [6.07, 6.45) is 3.43. The van der Waals surface area contributed by atoms with E-state index in [1.54, 1.807) is 18.3 Å². The van der Waals surface area contributed by atoms with Crippen LogP contribution in [0.25, 0.3) is 0 Å². The van der Waals surface area contributed by atoms with Gasteiger partial charge in [0.15, 0.2) is 0 Å².